The van der Waals surface area contributed by atoms with Gasteiger partial charge in [-0.1, -0.05) is 64.5 Å². The summed E-state index contributed by atoms with van der Waals surface area (Å²) < 4.78 is 6.84. The van der Waals surface area contributed by atoms with E-state index in [0.717, 1.165) is 9.35 Å². The molecule has 5 rings (SSSR count). The Morgan fingerprint density at radius 2 is 1.66 bits per heavy atom. The second-order valence-corrected chi connectivity index (χ2v) is 9.95. The molecule has 7 heteroatoms. The standard InChI is InChI=1S/C28H20BrNO4S/c29-20-13-11-18(12-14-20)26(31)24-25(30(28(33)27(24)32)17-23-10-5-15-35-23)19-6-4-9-22(16-19)34-21-7-2-1-3-8-21/h1-16,25,31H,17H2/b26-24-. The highest BCUT2D eigenvalue weighted by molar-refractivity contribution is 9.10. The Morgan fingerprint density at radius 3 is 2.37 bits per heavy atom. The quantitative estimate of drug-likeness (QED) is 0.162. The second kappa shape index (κ2) is 9.90. The second-order valence-electron chi connectivity index (χ2n) is 8.00. The van der Waals surface area contributed by atoms with Gasteiger partial charge in [-0.05, 0) is 53.4 Å². The smallest absolute Gasteiger partial charge is 0.295 e. The Morgan fingerprint density at radius 1 is 0.914 bits per heavy atom. The fraction of sp³-hybridized carbons (Fsp3) is 0.0714. The number of nitrogens with zero attached hydrogens (tertiary/aromatic N) is 1. The monoisotopic (exact) mass is 545 g/mol. The van der Waals surface area contributed by atoms with Gasteiger partial charge in [0.25, 0.3) is 11.7 Å². The average molecular weight is 546 g/mol. The molecule has 174 valence electrons. The molecule has 3 aromatic carbocycles. The van der Waals surface area contributed by atoms with Gasteiger partial charge in [-0.2, -0.15) is 0 Å². The number of thiophene rings is 1. The number of aliphatic hydroxyl groups is 1. The lowest BCUT2D eigenvalue weighted by atomic mass is 9.95. The van der Waals surface area contributed by atoms with Crippen molar-refractivity contribution in [1.29, 1.82) is 0 Å². The number of hydrogen-bond donors (Lipinski definition) is 1. The first-order valence-corrected chi connectivity index (χ1v) is 12.6. The predicted molar refractivity (Wildman–Crippen MR) is 139 cm³/mol. The van der Waals surface area contributed by atoms with Crippen molar-refractivity contribution in [2.75, 3.05) is 0 Å². The van der Waals surface area contributed by atoms with Crippen molar-refractivity contribution < 1.29 is 19.4 Å². The molecule has 1 fully saturated rings. The van der Waals surface area contributed by atoms with Crippen LogP contribution in [0.3, 0.4) is 0 Å². The molecule has 1 unspecified atom stereocenters. The van der Waals surface area contributed by atoms with Crippen molar-refractivity contribution in [1.82, 2.24) is 4.90 Å². The van der Waals surface area contributed by atoms with Crippen LogP contribution in [0.1, 0.15) is 22.0 Å². The first-order chi connectivity index (χ1) is 17.0. The van der Waals surface area contributed by atoms with Gasteiger partial charge in [-0.25, -0.2) is 0 Å². The topological polar surface area (TPSA) is 66.8 Å². The molecule has 1 aliphatic rings. The summed E-state index contributed by atoms with van der Waals surface area (Å²) in [7, 11) is 0. The number of hydrogen-bond acceptors (Lipinski definition) is 5. The number of carbonyl (C=O) groups excluding carboxylic acids is 2. The Balaban J connectivity index is 1.61. The van der Waals surface area contributed by atoms with Crippen molar-refractivity contribution in [3.63, 3.8) is 0 Å². The maximum Gasteiger partial charge on any atom is 0.295 e. The molecule has 2 heterocycles. The van der Waals surface area contributed by atoms with Crippen LogP contribution in [0.5, 0.6) is 11.5 Å². The van der Waals surface area contributed by atoms with E-state index < -0.39 is 17.7 Å². The molecule has 5 nitrogen and oxygen atoms in total. The average Bonchev–Trinajstić information content (AvgIpc) is 3.47. The Bertz CT molecular complexity index is 1400. The molecule has 4 aromatic rings. The van der Waals surface area contributed by atoms with E-state index in [4.69, 9.17) is 4.74 Å². The summed E-state index contributed by atoms with van der Waals surface area (Å²) >= 11 is 4.90. The van der Waals surface area contributed by atoms with Crippen LogP contribution < -0.4 is 4.74 Å². The number of benzene rings is 3. The Labute approximate surface area is 215 Å². The van der Waals surface area contributed by atoms with E-state index in [-0.39, 0.29) is 17.9 Å². The molecular formula is C28H20BrNO4S. The van der Waals surface area contributed by atoms with Crippen molar-refractivity contribution in [3.05, 3.63) is 122 Å². The molecule has 0 bridgehead atoms. The summed E-state index contributed by atoms with van der Waals surface area (Å²) in [5.41, 5.74) is 1.20. The van der Waals surface area contributed by atoms with E-state index in [1.165, 1.54) is 16.2 Å². The number of para-hydroxylation sites is 1. The lowest BCUT2D eigenvalue weighted by Gasteiger charge is -2.25. The molecule has 1 aromatic heterocycles. The van der Waals surface area contributed by atoms with Gasteiger partial charge in [-0.15, -0.1) is 11.3 Å². The lowest BCUT2D eigenvalue weighted by Crippen LogP contribution is -2.28. The molecule has 35 heavy (non-hydrogen) atoms. The zero-order chi connectivity index (χ0) is 24.4. The van der Waals surface area contributed by atoms with Gasteiger partial charge in [0.1, 0.15) is 17.3 Å². The van der Waals surface area contributed by atoms with Crippen molar-refractivity contribution in [2.45, 2.75) is 12.6 Å². The van der Waals surface area contributed by atoms with Gasteiger partial charge in [-0.3, -0.25) is 9.59 Å². The van der Waals surface area contributed by atoms with Crippen LogP contribution in [-0.4, -0.2) is 21.7 Å². The minimum Gasteiger partial charge on any atom is -0.507 e. The highest BCUT2D eigenvalue weighted by Gasteiger charge is 2.46. The number of ether oxygens (including phenoxy) is 1. The molecule has 1 amide bonds. The van der Waals surface area contributed by atoms with Crippen LogP contribution in [0.15, 0.2) is 106 Å². The molecular weight excluding hydrogens is 526 g/mol. The molecule has 0 spiro atoms. The minimum absolute atomic E-state index is 0.0609. The van der Waals surface area contributed by atoms with Crippen molar-refractivity contribution in [3.8, 4) is 11.5 Å². The van der Waals surface area contributed by atoms with Crippen LogP contribution >= 0.6 is 27.3 Å². The summed E-state index contributed by atoms with van der Waals surface area (Å²) in [6.45, 7) is 0.258. The summed E-state index contributed by atoms with van der Waals surface area (Å²) in [6, 6.07) is 26.7. The number of rotatable bonds is 6. The zero-order valence-corrected chi connectivity index (χ0v) is 20.8. The van der Waals surface area contributed by atoms with Gasteiger partial charge in [0.2, 0.25) is 0 Å². The number of aliphatic hydroxyl groups excluding tert-OH is 1. The summed E-state index contributed by atoms with van der Waals surface area (Å²) in [5.74, 6) is -0.312. The van der Waals surface area contributed by atoms with E-state index >= 15 is 0 Å². The first kappa shape index (κ1) is 23.1. The normalized spacial score (nSPS) is 17.1. The largest absolute Gasteiger partial charge is 0.507 e. The van der Waals surface area contributed by atoms with Gasteiger partial charge in [0, 0.05) is 14.9 Å². The van der Waals surface area contributed by atoms with Crippen molar-refractivity contribution in [2.24, 2.45) is 0 Å². The van der Waals surface area contributed by atoms with Gasteiger partial charge >= 0.3 is 0 Å². The highest BCUT2D eigenvalue weighted by Crippen LogP contribution is 2.41. The minimum atomic E-state index is -0.764. The van der Waals surface area contributed by atoms with Gasteiger partial charge < -0.3 is 14.7 Å². The van der Waals surface area contributed by atoms with E-state index in [1.54, 1.807) is 30.3 Å². The third-order valence-corrected chi connectivity index (χ3v) is 7.11. The molecule has 1 aliphatic heterocycles. The molecule has 0 radical (unpaired) electrons. The van der Waals surface area contributed by atoms with Crippen LogP contribution in [0.2, 0.25) is 0 Å². The Kier molecular flexibility index (Phi) is 6.53. The van der Waals surface area contributed by atoms with Crippen molar-refractivity contribution >= 4 is 44.7 Å². The molecule has 0 aliphatic carbocycles. The highest BCUT2D eigenvalue weighted by atomic mass is 79.9. The van der Waals surface area contributed by atoms with E-state index in [1.807, 2.05) is 66.0 Å². The molecule has 1 N–H and O–H groups in total. The number of halogens is 1. The van der Waals surface area contributed by atoms with Gasteiger partial charge in [0.05, 0.1) is 18.2 Å². The number of amides is 1. The number of Topliss-reactive ketones (excluding diaryl/α,β-unsaturated/α-hetero) is 1. The van der Waals surface area contributed by atoms with Crippen LogP contribution in [0.25, 0.3) is 5.76 Å². The number of likely N-dealkylation sites (tertiary alicyclic amines) is 1. The summed E-state index contributed by atoms with van der Waals surface area (Å²) in [5, 5.41) is 13.1. The van der Waals surface area contributed by atoms with E-state index in [2.05, 4.69) is 15.9 Å². The van der Waals surface area contributed by atoms with Crippen LogP contribution in [-0.2, 0) is 16.1 Å². The predicted octanol–water partition coefficient (Wildman–Crippen LogP) is 6.92. The third-order valence-electron chi connectivity index (χ3n) is 5.72. The maximum atomic E-state index is 13.2. The van der Waals surface area contributed by atoms with Crippen LogP contribution in [0, 0.1) is 0 Å². The lowest BCUT2D eigenvalue weighted by molar-refractivity contribution is -0.140. The fourth-order valence-corrected chi connectivity index (χ4v) is 5.06. The number of carbonyl (C=O) groups is 2. The maximum absolute atomic E-state index is 13.2. The van der Waals surface area contributed by atoms with Gasteiger partial charge in [0.15, 0.2) is 0 Å². The van der Waals surface area contributed by atoms with E-state index in [0.29, 0.717) is 22.6 Å². The SMILES string of the molecule is O=C1C(=O)N(Cc2cccs2)C(c2cccc(Oc3ccccc3)c2)/C1=C(/O)c1ccc(Br)cc1. The first-order valence-electron chi connectivity index (χ1n) is 10.9. The Hall–Kier alpha value is -3.68. The molecule has 1 atom stereocenters. The number of ketones is 1. The van der Waals surface area contributed by atoms with E-state index in [9.17, 15) is 14.7 Å². The summed E-state index contributed by atoms with van der Waals surface area (Å²) in [4.78, 5) is 28.9. The third kappa shape index (κ3) is 4.78. The fourth-order valence-electron chi connectivity index (χ4n) is 4.10. The zero-order valence-electron chi connectivity index (χ0n) is 18.4. The van der Waals surface area contributed by atoms with Crippen LogP contribution in [0.4, 0.5) is 0 Å². The molecule has 1 saturated heterocycles. The summed E-state index contributed by atoms with van der Waals surface area (Å²) in [6.07, 6.45) is 0. The molecule has 0 saturated carbocycles.